The van der Waals surface area contributed by atoms with Gasteiger partial charge in [0.15, 0.2) is 9.84 Å². The van der Waals surface area contributed by atoms with Crippen molar-refractivity contribution in [3.05, 3.63) is 65.7 Å². The van der Waals surface area contributed by atoms with E-state index in [0.29, 0.717) is 6.54 Å². The van der Waals surface area contributed by atoms with Gasteiger partial charge >= 0.3 is 0 Å². The number of carbonyl (C=O) groups excluding carboxylic acids is 1. The highest BCUT2D eigenvalue weighted by Crippen LogP contribution is 2.11. The predicted octanol–water partition coefficient (Wildman–Crippen LogP) is 3.01. The lowest BCUT2D eigenvalue weighted by molar-refractivity contribution is -0.120. The van der Waals surface area contributed by atoms with Crippen LogP contribution in [0.5, 0.6) is 0 Å². The van der Waals surface area contributed by atoms with Crippen molar-refractivity contribution in [2.75, 3.05) is 18.8 Å². The fourth-order valence-electron chi connectivity index (χ4n) is 2.73. The van der Waals surface area contributed by atoms with Crippen LogP contribution >= 0.6 is 0 Å². The molecule has 0 aliphatic rings. The van der Waals surface area contributed by atoms with Crippen LogP contribution in [0.25, 0.3) is 0 Å². The molecule has 0 fully saturated rings. The van der Waals surface area contributed by atoms with Gasteiger partial charge in [-0.1, -0.05) is 56.3 Å². The van der Waals surface area contributed by atoms with E-state index in [1.165, 1.54) is 5.56 Å². The first-order valence-electron chi connectivity index (χ1n) is 9.29. The fraction of sp³-hybridized carbons (Fsp3) is 0.381. The van der Waals surface area contributed by atoms with E-state index in [1.54, 1.807) is 30.3 Å². The summed E-state index contributed by atoms with van der Waals surface area (Å²) in [6.07, 6.45) is -0.0444. The molecule has 2 aromatic rings. The molecule has 0 unspecified atom stereocenters. The van der Waals surface area contributed by atoms with E-state index in [2.05, 4.69) is 36.2 Å². The summed E-state index contributed by atoms with van der Waals surface area (Å²) in [4.78, 5) is 14.6. The molecule has 1 amide bonds. The van der Waals surface area contributed by atoms with Crippen LogP contribution in [-0.4, -0.2) is 38.1 Å². The molecule has 2 aromatic carbocycles. The number of rotatable bonds is 10. The van der Waals surface area contributed by atoms with Gasteiger partial charge in [-0.05, 0) is 36.3 Å². The Kier molecular flexibility index (Phi) is 8.00. The average Bonchev–Trinajstić information content (AvgIpc) is 2.70. The maximum Gasteiger partial charge on any atom is 0.221 e. The zero-order valence-electron chi connectivity index (χ0n) is 16.0. The standard InChI is InChI=1S/C21H28N2O3S/c1-3-23(4-2)17-19-12-10-18(11-13-19)16-22-21(24)14-15-27(25,26)20-8-6-5-7-9-20/h5-13H,3-4,14-17H2,1-2H3,(H,22,24). The SMILES string of the molecule is CCN(CC)Cc1ccc(CNC(=O)CCS(=O)(=O)c2ccccc2)cc1. The third-order valence-corrected chi connectivity index (χ3v) is 6.25. The second kappa shape index (κ2) is 10.2. The molecule has 1 N–H and O–H groups in total. The average molecular weight is 389 g/mol. The number of hydrogen-bond acceptors (Lipinski definition) is 4. The van der Waals surface area contributed by atoms with Gasteiger partial charge in [-0.2, -0.15) is 0 Å². The Morgan fingerprint density at radius 2 is 1.52 bits per heavy atom. The van der Waals surface area contributed by atoms with Gasteiger partial charge in [-0.3, -0.25) is 9.69 Å². The van der Waals surface area contributed by atoms with E-state index < -0.39 is 9.84 Å². The van der Waals surface area contributed by atoms with Crippen molar-refractivity contribution in [1.82, 2.24) is 10.2 Å². The van der Waals surface area contributed by atoms with Crippen molar-refractivity contribution in [3.63, 3.8) is 0 Å². The van der Waals surface area contributed by atoms with E-state index in [0.717, 1.165) is 25.2 Å². The Hall–Kier alpha value is -2.18. The van der Waals surface area contributed by atoms with Crippen molar-refractivity contribution in [1.29, 1.82) is 0 Å². The topological polar surface area (TPSA) is 66.5 Å². The maximum atomic E-state index is 12.2. The monoisotopic (exact) mass is 388 g/mol. The van der Waals surface area contributed by atoms with Crippen LogP contribution in [0.1, 0.15) is 31.4 Å². The molecule has 0 aliphatic heterocycles. The normalized spacial score (nSPS) is 11.5. The molecule has 0 saturated carbocycles. The van der Waals surface area contributed by atoms with Crippen molar-refractivity contribution in [3.8, 4) is 0 Å². The highest BCUT2D eigenvalue weighted by atomic mass is 32.2. The van der Waals surface area contributed by atoms with Crippen LogP contribution in [0.2, 0.25) is 0 Å². The summed E-state index contributed by atoms with van der Waals surface area (Å²) in [7, 11) is -3.43. The maximum absolute atomic E-state index is 12.2. The lowest BCUT2D eigenvalue weighted by Crippen LogP contribution is -2.25. The minimum Gasteiger partial charge on any atom is -0.352 e. The number of amides is 1. The van der Waals surface area contributed by atoms with E-state index in [9.17, 15) is 13.2 Å². The van der Waals surface area contributed by atoms with Crippen molar-refractivity contribution in [2.45, 2.75) is 38.3 Å². The summed E-state index contributed by atoms with van der Waals surface area (Å²) in [5.74, 6) is -0.451. The second-order valence-corrected chi connectivity index (χ2v) is 8.55. The van der Waals surface area contributed by atoms with Crippen molar-refractivity contribution >= 4 is 15.7 Å². The molecule has 27 heavy (non-hydrogen) atoms. The Labute approximate surface area is 162 Å². The van der Waals surface area contributed by atoms with Gasteiger partial charge < -0.3 is 5.32 Å². The summed E-state index contributed by atoms with van der Waals surface area (Å²) in [5, 5.41) is 2.79. The van der Waals surface area contributed by atoms with Gasteiger partial charge in [0.05, 0.1) is 10.6 Å². The van der Waals surface area contributed by atoms with Crippen LogP contribution < -0.4 is 5.32 Å². The molecular weight excluding hydrogens is 360 g/mol. The Bertz CT molecular complexity index is 814. The summed E-state index contributed by atoms with van der Waals surface area (Å²) < 4.78 is 24.4. The highest BCUT2D eigenvalue weighted by Gasteiger charge is 2.15. The van der Waals surface area contributed by atoms with Crippen LogP contribution in [0.4, 0.5) is 0 Å². The summed E-state index contributed by atoms with van der Waals surface area (Å²) in [6.45, 7) is 7.63. The molecule has 146 valence electrons. The quantitative estimate of drug-likeness (QED) is 0.679. The molecule has 2 rings (SSSR count). The molecule has 0 spiro atoms. The number of nitrogens with one attached hydrogen (secondary N) is 1. The van der Waals surface area contributed by atoms with Gasteiger partial charge in [0.1, 0.15) is 0 Å². The molecular formula is C21H28N2O3S. The Morgan fingerprint density at radius 1 is 0.926 bits per heavy atom. The van der Waals surface area contributed by atoms with E-state index in [1.807, 2.05) is 12.1 Å². The summed E-state index contributed by atoms with van der Waals surface area (Å²) in [6, 6.07) is 16.4. The summed E-state index contributed by atoms with van der Waals surface area (Å²) in [5.41, 5.74) is 2.24. The molecule has 0 atom stereocenters. The number of nitrogens with zero attached hydrogens (tertiary/aromatic N) is 1. The van der Waals surface area contributed by atoms with Crippen LogP contribution in [-0.2, 0) is 27.7 Å². The lowest BCUT2D eigenvalue weighted by Gasteiger charge is -2.18. The molecule has 0 heterocycles. The Morgan fingerprint density at radius 3 is 2.11 bits per heavy atom. The lowest BCUT2D eigenvalue weighted by atomic mass is 10.1. The van der Waals surface area contributed by atoms with Crippen molar-refractivity contribution < 1.29 is 13.2 Å². The zero-order chi connectivity index (χ0) is 19.7. The zero-order valence-corrected chi connectivity index (χ0v) is 16.8. The van der Waals surface area contributed by atoms with Crippen LogP contribution in [0.15, 0.2) is 59.5 Å². The molecule has 0 radical (unpaired) electrons. The van der Waals surface area contributed by atoms with Gasteiger partial charge in [0.2, 0.25) is 5.91 Å². The third kappa shape index (κ3) is 6.81. The fourth-order valence-corrected chi connectivity index (χ4v) is 3.99. The smallest absolute Gasteiger partial charge is 0.221 e. The van der Waals surface area contributed by atoms with E-state index in [-0.39, 0.29) is 23.0 Å². The van der Waals surface area contributed by atoms with Gasteiger partial charge in [0, 0.05) is 19.5 Å². The van der Waals surface area contributed by atoms with Gasteiger partial charge in [-0.25, -0.2) is 8.42 Å². The van der Waals surface area contributed by atoms with Gasteiger partial charge in [-0.15, -0.1) is 0 Å². The van der Waals surface area contributed by atoms with Crippen molar-refractivity contribution in [2.24, 2.45) is 0 Å². The van der Waals surface area contributed by atoms with Gasteiger partial charge in [0.25, 0.3) is 0 Å². The first-order chi connectivity index (χ1) is 12.9. The second-order valence-electron chi connectivity index (χ2n) is 6.44. The molecule has 0 saturated heterocycles. The largest absolute Gasteiger partial charge is 0.352 e. The molecule has 0 aliphatic carbocycles. The molecule has 0 aromatic heterocycles. The van der Waals surface area contributed by atoms with Crippen LogP contribution in [0.3, 0.4) is 0 Å². The number of benzene rings is 2. The highest BCUT2D eigenvalue weighted by molar-refractivity contribution is 7.91. The molecule has 5 nitrogen and oxygen atoms in total. The number of carbonyl (C=O) groups is 1. The van der Waals surface area contributed by atoms with E-state index in [4.69, 9.17) is 0 Å². The first kappa shape index (κ1) is 21.1. The third-order valence-electron chi connectivity index (χ3n) is 4.51. The Balaban J connectivity index is 1.80. The number of hydrogen-bond donors (Lipinski definition) is 1. The number of sulfone groups is 1. The molecule has 6 heteroatoms. The minimum absolute atomic E-state index is 0.0444. The predicted molar refractivity (Wildman–Crippen MR) is 108 cm³/mol. The molecule has 0 bridgehead atoms. The first-order valence-corrected chi connectivity index (χ1v) is 10.9. The minimum atomic E-state index is -3.43. The van der Waals surface area contributed by atoms with E-state index >= 15 is 0 Å². The van der Waals surface area contributed by atoms with Crippen LogP contribution in [0, 0.1) is 0 Å². The summed E-state index contributed by atoms with van der Waals surface area (Å²) >= 11 is 0.